The molecule has 0 spiro atoms. The first kappa shape index (κ1) is 10.5. The molecule has 0 radical (unpaired) electrons. The Balaban J connectivity index is 2.90. The minimum absolute atomic E-state index is 0.0544. The molecule has 4 nitrogen and oxygen atoms in total. The minimum atomic E-state index is -0.975. The molecule has 0 fully saturated rings. The summed E-state index contributed by atoms with van der Waals surface area (Å²) in [6.07, 6.45) is -0.184. The fourth-order valence-corrected chi connectivity index (χ4v) is 1.27. The summed E-state index contributed by atoms with van der Waals surface area (Å²) in [4.78, 5) is 10.4. The van der Waals surface area contributed by atoms with Crippen molar-refractivity contribution in [1.82, 2.24) is 0 Å². The summed E-state index contributed by atoms with van der Waals surface area (Å²) < 4.78 is 0. The zero-order valence-electron chi connectivity index (χ0n) is 7.90. The number of phenolic OH excluding ortho intramolecular Hbond substituents is 1. The van der Waals surface area contributed by atoms with Crippen LogP contribution in [-0.4, -0.2) is 16.2 Å². The number of carboxylic acids is 1. The van der Waals surface area contributed by atoms with Crippen LogP contribution < -0.4 is 5.73 Å². The third-order valence-electron chi connectivity index (χ3n) is 1.98. The molecule has 0 heterocycles. The molecule has 1 atom stereocenters. The molecule has 4 N–H and O–H groups in total. The van der Waals surface area contributed by atoms with E-state index >= 15 is 0 Å². The molecule has 76 valence electrons. The van der Waals surface area contributed by atoms with Gasteiger partial charge in [0.1, 0.15) is 5.75 Å². The number of aliphatic carboxylic acids is 1. The molecular weight excluding hydrogens is 182 g/mol. The van der Waals surface area contributed by atoms with Gasteiger partial charge in [-0.15, -0.1) is 0 Å². The summed E-state index contributed by atoms with van der Waals surface area (Å²) in [6, 6.07) is 4.35. The van der Waals surface area contributed by atoms with E-state index in [0.717, 1.165) is 5.56 Å². The molecule has 0 bridgehead atoms. The molecule has 0 saturated heterocycles. The molecule has 0 saturated carbocycles. The standard InChI is InChI=1S/C10H13NO3/c1-6-2-3-7(9(12)4-6)8(11)5-10(13)14/h2-4,8,12H,5,11H2,1H3,(H,13,14)/t8-/m1/s1. The van der Waals surface area contributed by atoms with Crippen LogP contribution in [-0.2, 0) is 4.79 Å². The van der Waals surface area contributed by atoms with Crippen LogP contribution in [0.1, 0.15) is 23.6 Å². The first-order chi connectivity index (χ1) is 6.50. The second kappa shape index (κ2) is 4.11. The second-order valence-corrected chi connectivity index (χ2v) is 3.27. The van der Waals surface area contributed by atoms with Gasteiger partial charge in [-0.05, 0) is 18.6 Å². The van der Waals surface area contributed by atoms with Gasteiger partial charge in [-0.25, -0.2) is 0 Å². The Labute approximate surface area is 82.0 Å². The van der Waals surface area contributed by atoms with Crippen molar-refractivity contribution < 1.29 is 15.0 Å². The summed E-state index contributed by atoms with van der Waals surface area (Å²) in [5.74, 6) is -0.920. The van der Waals surface area contributed by atoms with E-state index in [2.05, 4.69) is 0 Å². The summed E-state index contributed by atoms with van der Waals surface area (Å²) in [6.45, 7) is 1.84. The Kier molecular flexibility index (Phi) is 3.09. The van der Waals surface area contributed by atoms with Crippen molar-refractivity contribution in [3.63, 3.8) is 0 Å². The molecular formula is C10H13NO3. The molecule has 0 aliphatic heterocycles. The third kappa shape index (κ3) is 2.47. The number of carbonyl (C=O) groups is 1. The van der Waals surface area contributed by atoms with Gasteiger partial charge in [0.25, 0.3) is 0 Å². The van der Waals surface area contributed by atoms with E-state index in [1.54, 1.807) is 18.2 Å². The van der Waals surface area contributed by atoms with Crippen molar-refractivity contribution >= 4 is 5.97 Å². The lowest BCUT2D eigenvalue weighted by molar-refractivity contribution is -0.137. The fraction of sp³-hybridized carbons (Fsp3) is 0.300. The maximum atomic E-state index is 10.4. The van der Waals surface area contributed by atoms with Crippen LogP contribution >= 0.6 is 0 Å². The van der Waals surface area contributed by atoms with Gasteiger partial charge >= 0.3 is 5.97 Å². The largest absolute Gasteiger partial charge is 0.508 e. The van der Waals surface area contributed by atoms with Crippen LogP contribution in [0.5, 0.6) is 5.75 Å². The molecule has 0 unspecified atom stereocenters. The van der Waals surface area contributed by atoms with Crippen molar-refractivity contribution in [2.45, 2.75) is 19.4 Å². The number of rotatable bonds is 3. The van der Waals surface area contributed by atoms with Crippen LogP contribution in [0.15, 0.2) is 18.2 Å². The number of benzene rings is 1. The molecule has 14 heavy (non-hydrogen) atoms. The number of phenols is 1. The average Bonchev–Trinajstić information content (AvgIpc) is 2.01. The number of aromatic hydroxyl groups is 1. The van der Waals surface area contributed by atoms with Crippen molar-refractivity contribution in [3.05, 3.63) is 29.3 Å². The maximum absolute atomic E-state index is 10.4. The van der Waals surface area contributed by atoms with Gasteiger partial charge in [0.15, 0.2) is 0 Å². The minimum Gasteiger partial charge on any atom is -0.508 e. The summed E-state index contributed by atoms with van der Waals surface area (Å²) in [5, 5.41) is 18.0. The predicted octanol–water partition coefficient (Wildman–Crippen LogP) is 1.18. The highest BCUT2D eigenvalue weighted by molar-refractivity contribution is 5.68. The van der Waals surface area contributed by atoms with E-state index in [1.807, 2.05) is 6.92 Å². The molecule has 1 aromatic rings. The van der Waals surface area contributed by atoms with Crippen molar-refractivity contribution in [3.8, 4) is 5.75 Å². The summed E-state index contributed by atoms with van der Waals surface area (Å²) >= 11 is 0. The Morgan fingerprint density at radius 3 is 2.71 bits per heavy atom. The number of nitrogens with two attached hydrogens (primary N) is 1. The van der Waals surface area contributed by atoms with E-state index in [4.69, 9.17) is 10.8 Å². The molecule has 0 aliphatic carbocycles. The van der Waals surface area contributed by atoms with Crippen molar-refractivity contribution in [2.75, 3.05) is 0 Å². The van der Waals surface area contributed by atoms with Gasteiger partial charge in [-0.3, -0.25) is 4.79 Å². The number of hydrogen-bond acceptors (Lipinski definition) is 3. The van der Waals surface area contributed by atoms with Gasteiger partial charge in [0, 0.05) is 11.6 Å². The zero-order valence-corrected chi connectivity index (χ0v) is 7.90. The number of hydrogen-bond donors (Lipinski definition) is 3. The van der Waals surface area contributed by atoms with Gasteiger partial charge in [-0.2, -0.15) is 0 Å². The Morgan fingerprint density at radius 1 is 1.57 bits per heavy atom. The van der Waals surface area contributed by atoms with Crippen LogP contribution in [0.25, 0.3) is 0 Å². The van der Waals surface area contributed by atoms with E-state index < -0.39 is 12.0 Å². The molecule has 1 rings (SSSR count). The molecule has 4 heteroatoms. The quantitative estimate of drug-likeness (QED) is 0.676. The van der Waals surface area contributed by atoms with Gasteiger partial charge < -0.3 is 15.9 Å². The van der Waals surface area contributed by atoms with Gasteiger partial charge in [0.2, 0.25) is 0 Å². The first-order valence-corrected chi connectivity index (χ1v) is 4.27. The topological polar surface area (TPSA) is 83.6 Å². The SMILES string of the molecule is Cc1ccc([C@H](N)CC(=O)O)c(O)c1. The molecule has 0 amide bonds. The normalized spacial score (nSPS) is 12.4. The lowest BCUT2D eigenvalue weighted by Gasteiger charge is -2.11. The lowest BCUT2D eigenvalue weighted by Crippen LogP contribution is -2.15. The molecule has 1 aromatic carbocycles. The average molecular weight is 195 g/mol. The lowest BCUT2D eigenvalue weighted by atomic mass is 10.0. The number of carboxylic acid groups (broad SMARTS) is 1. The maximum Gasteiger partial charge on any atom is 0.305 e. The van der Waals surface area contributed by atoms with E-state index in [0.29, 0.717) is 5.56 Å². The summed E-state index contributed by atoms with van der Waals surface area (Å²) in [5.41, 5.74) is 6.99. The first-order valence-electron chi connectivity index (χ1n) is 4.27. The van der Waals surface area contributed by atoms with E-state index in [1.165, 1.54) is 0 Å². The fourth-order valence-electron chi connectivity index (χ4n) is 1.27. The van der Waals surface area contributed by atoms with E-state index in [9.17, 15) is 9.90 Å². The highest BCUT2D eigenvalue weighted by Gasteiger charge is 2.13. The van der Waals surface area contributed by atoms with Gasteiger partial charge in [0.05, 0.1) is 6.42 Å². The van der Waals surface area contributed by atoms with Crippen LogP contribution in [0.3, 0.4) is 0 Å². The third-order valence-corrected chi connectivity index (χ3v) is 1.98. The predicted molar refractivity (Wildman–Crippen MR) is 52.0 cm³/mol. The van der Waals surface area contributed by atoms with Crippen molar-refractivity contribution in [2.24, 2.45) is 5.73 Å². The Hall–Kier alpha value is -1.55. The summed E-state index contributed by atoms with van der Waals surface area (Å²) in [7, 11) is 0. The van der Waals surface area contributed by atoms with E-state index in [-0.39, 0.29) is 12.2 Å². The monoisotopic (exact) mass is 195 g/mol. The number of aryl methyl sites for hydroxylation is 1. The van der Waals surface area contributed by atoms with Gasteiger partial charge in [-0.1, -0.05) is 12.1 Å². The smallest absolute Gasteiger partial charge is 0.305 e. The molecule has 0 aliphatic rings. The molecule has 0 aromatic heterocycles. The van der Waals surface area contributed by atoms with Crippen LogP contribution in [0.2, 0.25) is 0 Å². The second-order valence-electron chi connectivity index (χ2n) is 3.27. The Morgan fingerprint density at radius 2 is 2.21 bits per heavy atom. The van der Waals surface area contributed by atoms with Crippen LogP contribution in [0, 0.1) is 6.92 Å². The zero-order chi connectivity index (χ0) is 10.7. The highest BCUT2D eigenvalue weighted by atomic mass is 16.4. The highest BCUT2D eigenvalue weighted by Crippen LogP contribution is 2.25. The van der Waals surface area contributed by atoms with Crippen LogP contribution in [0.4, 0.5) is 0 Å². The Bertz CT molecular complexity index is 349. The van der Waals surface area contributed by atoms with Crippen molar-refractivity contribution in [1.29, 1.82) is 0 Å².